The number of carbonyl (C=O) groups is 1. The van der Waals surface area contributed by atoms with Crippen LogP contribution in [0.25, 0.3) is 0 Å². The molecule has 0 atom stereocenters. The van der Waals surface area contributed by atoms with Gasteiger partial charge in [-0.3, -0.25) is 4.79 Å². The minimum atomic E-state index is 0.0366. The van der Waals surface area contributed by atoms with Crippen LogP contribution in [0, 0.1) is 6.92 Å². The first-order chi connectivity index (χ1) is 8.08. The smallest absolute Gasteiger partial charge is 0.265 e. The fourth-order valence-electron chi connectivity index (χ4n) is 1.42. The standard InChI is InChI=1S/C11H11BrN2OS2/c1-7-10(17-6-13-7)11(15)14(2)4-9-3-8(12)5-16-9/h3,5-6H,4H2,1-2H3. The van der Waals surface area contributed by atoms with Crippen LogP contribution in [0.3, 0.4) is 0 Å². The molecule has 2 heterocycles. The Morgan fingerprint density at radius 2 is 2.29 bits per heavy atom. The third kappa shape index (κ3) is 2.94. The van der Waals surface area contributed by atoms with Gasteiger partial charge in [0.1, 0.15) is 4.88 Å². The summed E-state index contributed by atoms with van der Waals surface area (Å²) >= 11 is 6.45. The number of rotatable bonds is 3. The Morgan fingerprint density at radius 1 is 1.53 bits per heavy atom. The van der Waals surface area contributed by atoms with E-state index in [1.807, 2.05) is 25.4 Å². The molecule has 90 valence electrons. The molecule has 0 saturated heterocycles. The molecule has 0 saturated carbocycles. The second-order valence-corrected chi connectivity index (χ2v) is 6.43. The van der Waals surface area contributed by atoms with Gasteiger partial charge in [-0.05, 0) is 28.9 Å². The lowest BCUT2D eigenvalue weighted by atomic mass is 10.3. The molecule has 1 amide bonds. The van der Waals surface area contributed by atoms with Crippen molar-refractivity contribution in [2.24, 2.45) is 0 Å². The number of amides is 1. The summed E-state index contributed by atoms with van der Waals surface area (Å²) in [6.07, 6.45) is 0. The zero-order chi connectivity index (χ0) is 12.4. The van der Waals surface area contributed by atoms with Gasteiger partial charge in [-0.25, -0.2) is 4.98 Å². The normalized spacial score (nSPS) is 10.5. The maximum absolute atomic E-state index is 12.1. The van der Waals surface area contributed by atoms with Crippen molar-refractivity contribution in [3.8, 4) is 0 Å². The molecule has 0 aliphatic rings. The third-order valence-electron chi connectivity index (χ3n) is 2.30. The van der Waals surface area contributed by atoms with E-state index in [-0.39, 0.29) is 5.91 Å². The summed E-state index contributed by atoms with van der Waals surface area (Å²) in [5.74, 6) is 0.0366. The van der Waals surface area contributed by atoms with Crippen molar-refractivity contribution >= 4 is 44.5 Å². The predicted octanol–water partition coefficient (Wildman–Crippen LogP) is 3.55. The summed E-state index contributed by atoms with van der Waals surface area (Å²) < 4.78 is 1.06. The summed E-state index contributed by atoms with van der Waals surface area (Å²) in [7, 11) is 1.81. The maximum atomic E-state index is 12.1. The molecule has 2 rings (SSSR count). The average Bonchev–Trinajstić information content (AvgIpc) is 2.86. The number of hydrogen-bond acceptors (Lipinski definition) is 4. The third-order valence-corrected chi connectivity index (χ3v) is 4.90. The van der Waals surface area contributed by atoms with E-state index in [0.29, 0.717) is 6.54 Å². The van der Waals surface area contributed by atoms with E-state index < -0.39 is 0 Å². The Balaban J connectivity index is 2.08. The van der Waals surface area contributed by atoms with E-state index in [0.717, 1.165) is 19.9 Å². The van der Waals surface area contributed by atoms with Gasteiger partial charge in [0.25, 0.3) is 5.91 Å². The molecule has 0 unspecified atom stereocenters. The highest BCUT2D eigenvalue weighted by atomic mass is 79.9. The van der Waals surface area contributed by atoms with E-state index >= 15 is 0 Å². The van der Waals surface area contributed by atoms with E-state index in [2.05, 4.69) is 20.9 Å². The largest absolute Gasteiger partial charge is 0.336 e. The van der Waals surface area contributed by atoms with Crippen molar-refractivity contribution < 1.29 is 4.79 Å². The van der Waals surface area contributed by atoms with E-state index in [9.17, 15) is 4.79 Å². The summed E-state index contributed by atoms with van der Waals surface area (Å²) in [4.78, 5) is 19.8. The molecular formula is C11H11BrN2OS2. The summed E-state index contributed by atoms with van der Waals surface area (Å²) in [6.45, 7) is 2.49. The van der Waals surface area contributed by atoms with Gasteiger partial charge in [-0.1, -0.05) is 0 Å². The highest BCUT2D eigenvalue weighted by Crippen LogP contribution is 2.22. The number of carbonyl (C=O) groups excluding carboxylic acids is 1. The predicted molar refractivity (Wildman–Crippen MR) is 74.7 cm³/mol. The van der Waals surface area contributed by atoms with Crippen LogP contribution in [0.4, 0.5) is 0 Å². The van der Waals surface area contributed by atoms with Crippen LogP contribution >= 0.6 is 38.6 Å². The van der Waals surface area contributed by atoms with Crippen LogP contribution in [0.15, 0.2) is 21.4 Å². The lowest BCUT2D eigenvalue weighted by molar-refractivity contribution is 0.0790. The number of thiophene rings is 1. The Bertz CT molecular complexity index is 535. The molecule has 2 aromatic rings. The summed E-state index contributed by atoms with van der Waals surface area (Å²) in [5, 5.41) is 2.02. The lowest BCUT2D eigenvalue weighted by Crippen LogP contribution is -2.25. The van der Waals surface area contributed by atoms with Gasteiger partial charge in [0.15, 0.2) is 0 Å². The van der Waals surface area contributed by atoms with Gasteiger partial charge in [0.05, 0.1) is 17.7 Å². The molecule has 0 bridgehead atoms. The van der Waals surface area contributed by atoms with Crippen molar-refractivity contribution in [3.63, 3.8) is 0 Å². The van der Waals surface area contributed by atoms with Crippen LogP contribution in [-0.2, 0) is 6.54 Å². The fourth-order valence-corrected chi connectivity index (χ4v) is 3.72. The molecule has 0 fully saturated rings. The fraction of sp³-hybridized carbons (Fsp3) is 0.273. The molecule has 17 heavy (non-hydrogen) atoms. The molecule has 2 aromatic heterocycles. The molecule has 0 spiro atoms. The molecule has 6 heteroatoms. The molecule has 0 aromatic carbocycles. The number of halogens is 1. The maximum Gasteiger partial charge on any atom is 0.265 e. The highest BCUT2D eigenvalue weighted by Gasteiger charge is 2.16. The minimum Gasteiger partial charge on any atom is -0.336 e. The van der Waals surface area contributed by atoms with Crippen LogP contribution in [0.1, 0.15) is 20.2 Å². The van der Waals surface area contributed by atoms with Gasteiger partial charge in [0, 0.05) is 21.8 Å². The Kier molecular flexibility index (Phi) is 3.96. The zero-order valence-corrected chi connectivity index (χ0v) is 12.7. The van der Waals surface area contributed by atoms with Gasteiger partial charge < -0.3 is 4.90 Å². The highest BCUT2D eigenvalue weighted by molar-refractivity contribution is 9.10. The molecule has 0 radical (unpaired) electrons. The molecular weight excluding hydrogens is 320 g/mol. The van der Waals surface area contributed by atoms with Gasteiger partial charge in [0.2, 0.25) is 0 Å². The summed E-state index contributed by atoms with van der Waals surface area (Å²) in [5.41, 5.74) is 2.51. The number of aryl methyl sites for hydroxylation is 1. The monoisotopic (exact) mass is 330 g/mol. The quantitative estimate of drug-likeness (QED) is 0.862. The average molecular weight is 331 g/mol. The van der Waals surface area contributed by atoms with E-state index in [1.54, 1.807) is 21.7 Å². The molecule has 0 N–H and O–H groups in total. The topological polar surface area (TPSA) is 33.2 Å². The number of thiazole rings is 1. The second kappa shape index (κ2) is 5.29. The minimum absolute atomic E-state index is 0.0366. The Labute approximate surface area is 116 Å². The summed E-state index contributed by atoms with van der Waals surface area (Å²) in [6, 6.07) is 2.04. The van der Waals surface area contributed by atoms with Crippen LogP contribution in [-0.4, -0.2) is 22.8 Å². The van der Waals surface area contributed by atoms with Gasteiger partial charge in [-0.2, -0.15) is 0 Å². The van der Waals surface area contributed by atoms with Crippen LogP contribution in [0.5, 0.6) is 0 Å². The van der Waals surface area contributed by atoms with Gasteiger partial charge >= 0.3 is 0 Å². The van der Waals surface area contributed by atoms with Crippen LogP contribution in [0.2, 0.25) is 0 Å². The second-order valence-electron chi connectivity index (χ2n) is 3.66. The van der Waals surface area contributed by atoms with Crippen molar-refractivity contribution in [2.75, 3.05) is 7.05 Å². The molecule has 0 aliphatic heterocycles. The number of hydrogen-bond donors (Lipinski definition) is 0. The van der Waals surface area contributed by atoms with Crippen molar-refractivity contribution in [3.05, 3.63) is 36.9 Å². The van der Waals surface area contributed by atoms with E-state index in [1.165, 1.54) is 11.3 Å². The molecule has 3 nitrogen and oxygen atoms in total. The van der Waals surface area contributed by atoms with Crippen molar-refractivity contribution in [2.45, 2.75) is 13.5 Å². The molecule has 0 aliphatic carbocycles. The van der Waals surface area contributed by atoms with Crippen molar-refractivity contribution in [1.82, 2.24) is 9.88 Å². The zero-order valence-electron chi connectivity index (χ0n) is 9.44. The van der Waals surface area contributed by atoms with E-state index in [4.69, 9.17) is 0 Å². The van der Waals surface area contributed by atoms with Crippen LogP contribution < -0.4 is 0 Å². The SMILES string of the molecule is Cc1ncsc1C(=O)N(C)Cc1cc(Br)cs1. The Morgan fingerprint density at radius 3 is 2.82 bits per heavy atom. The number of aromatic nitrogens is 1. The van der Waals surface area contributed by atoms with Crippen molar-refractivity contribution in [1.29, 1.82) is 0 Å². The first kappa shape index (κ1) is 12.7. The first-order valence-electron chi connectivity index (χ1n) is 4.96. The Hall–Kier alpha value is -0.720. The number of nitrogens with zero attached hydrogens (tertiary/aromatic N) is 2. The first-order valence-corrected chi connectivity index (χ1v) is 7.51. The van der Waals surface area contributed by atoms with Gasteiger partial charge in [-0.15, -0.1) is 22.7 Å². The lowest BCUT2D eigenvalue weighted by Gasteiger charge is -2.15.